The zero-order valence-electron chi connectivity index (χ0n) is 13.4. The van der Waals surface area contributed by atoms with Gasteiger partial charge in [-0.2, -0.15) is 0 Å². The van der Waals surface area contributed by atoms with Gasteiger partial charge in [0.15, 0.2) is 0 Å². The standard InChI is InChI=1S/C13H30P.BF4/c1-11(2)8-14(7,9-12(3)4)10-13(5)6;2-1(3,4)5/h11-13H,8-10H2,1-7H3;/q+1;-1. The summed E-state index contributed by atoms with van der Waals surface area (Å²) in [4.78, 5) is 0. The second-order valence-corrected chi connectivity index (χ2v) is 11.2. The monoisotopic (exact) mass is 304 g/mol. The molecule has 0 rings (SSSR count). The fourth-order valence-electron chi connectivity index (χ4n) is 2.87. The van der Waals surface area contributed by atoms with Crippen LogP contribution in [0.15, 0.2) is 0 Å². The highest BCUT2D eigenvalue weighted by Crippen LogP contribution is 2.58. The van der Waals surface area contributed by atoms with Gasteiger partial charge >= 0.3 is 7.25 Å². The van der Waals surface area contributed by atoms with Gasteiger partial charge in [0, 0.05) is 13.9 Å². The lowest BCUT2D eigenvalue weighted by molar-refractivity contribution is 0.368. The molecule has 0 aliphatic carbocycles. The zero-order chi connectivity index (χ0) is 15.9. The molecule has 19 heavy (non-hydrogen) atoms. The Bertz CT molecular complexity index is 195. The first-order chi connectivity index (χ1) is 8.25. The summed E-state index contributed by atoms with van der Waals surface area (Å²) in [7, 11) is -6.64. The molecule has 0 N–H and O–H groups in total. The number of rotatable bonds is 6. The van der Waals surface area contributed by atoms with Gasteiger partial charge in [0.2, 0.25) is 0 Å². The van der Waals surface area contributed by atoms with Gasteiger partial charge in [-0.15, -0.1) is 0 Å². The molecule has 0 spiro atoms. The molecule has 0 amide bonds. The first-order valence-electron chi connectivity index (χ1n) is 6.96. The van der Waals surface area contributed by atoms with Crippen molar-refractivity contribution in [3.8, 4) is 0 Å². The Hall–Kier alpha value is 0.215. The van der Waals surface area contributed by atoms with Crippen LogP contribution >= 0.6 is 7.26 Å². The summed E-state index contributed by atoms with van der Waals surface area (Å²) in [6, 6.07) is 0. The minimum atomic E-state index is -6.00. The van der Waals surface area contributed by atoms with E-state index in [0.29, 0.717) is 0 Å². The molecule has 0 aliphatic rings. The third-order valence-corrected chi connectivity index (χ3v) is 7.25. The van der Waals surface area contributed by atoms with Crippen molar-refractivity contribution in [2.24, 2.45) is 17.8 Å². The van der Waals surface area contributed by atoms with E-state index in [4.69, 9.17) is 0 Å². The Morgan fingerprint density at radius 2 is 0.842 bits per heavy atom. The largest absolute Gasteiger partial charge is 0.673 e. The van der Waals surface area contributed by atoms with Crippen LogP contribution in [0.3, 0.4) is 0 Å². The highest BCUT2D eigenvalue weighted by atomic mass is 31.2. The third kappa shape index (κ3) is 20.7. The van der Waals surface area contributed by atoms with Crippen molar-refractivity contribution in [3.63, 3.8) is 0 Å². The summed E-state index contributed by atoms with van der Waals surface area (Å²) >= 11 is 0. The quantitative estimate of drug-likeness (QED) is 0.325. The third-order valence-electron chi connectivity index (χ3n) is 2.42. The fraction of sp³-hybridized carbons (Fsp3) is 1.00. The van der Waals surface area contributed by atoms with E-state index in [-0.39, 0.29) is 0 Å². The van der Waals surface area contributed by atoms with Crippen LogP contribution in [0, 0.1) is 17.8 Å². The summed E-state index contributed by atoms with van der Waals surface area (Å²) < 4.78 is 39.0. The van der Waals surface area contributed by atoms with E-state index in [2.05, 4.69) is 48.2 Å². The van der Waals surface area contributed by atoms with Crippen molar-refractivity contribution in [2.75, 3.05) is 25.2 Å². The van der Waals surface area contributed by atoms with Crippen LogP contribution in [0.5, 0.6) is 0 Å². The highest BCUT2D eigenvalue weighted by molar-refractivity contribution is 7.75. The topological polar surface area (TPSA) is 0 Å². The van der Waals surface area contributed by atoms with Gasteiger partial charge in [0.25, 0.3) is 0 Å². The van der Waals surface area contributed by atoms with Gasteiger partial charge in [-0.25, -0.2) is 0 Å². The lowest BCUT2D eigenvalue weighted by Crippen LogP contribution is -2.16. The molecule has 0 aromatic rings. The average Bonchev–Trinajstić information content (AvgIpc) is 1.91. The van der Waals surface area contributed by atoms with Crippen molar-refractivity contribution >= 4 is 14.5 Å². The minimum Gasteiger partial charge on any atom is -0.418 e. The number of halogens is 4. The molecule has 0 atom stereocenters. The molecule has 0 bridgehead atoms. The van der Waals surface area contributed by atoms with Gasteiger partial charge in [-0.1, -0.05) is 41.5 Å². The normalized spacial score (nSPS) is 12.9. The molecule has 0 aromatic carbocycles. The van der Waals surface area contributed by atoms with Crippen LogP contribution in [-0.4, -0.2) is 32.4 Å². The zero-order valence-corrected chi connectivity index (χ0v) is 14.3. The molecule has 118 valence electrons. The Kier molecular flexibility index (Phi) is 10.4. The van der Waals surface area contributed by atoms with E-state index in [1.165, 1.54) is 18.5 Å². The molecule has 0 aromatic heterocycles. The molecular weight excluding hydrogens is 274 g/mol. The predicted molar refractivity (Wildman–Crippen MR) is 82.1 cm³/mol. The molecule has 0 aliphatic heterocycles. The van der Waals surface area contributed by atoms with Crippen molar-refractivity contribution < 1.29 is 17.3 Å². The van der Waals surface area contributed by atoms with Crippen molar-refractivity contribution in [1.82, 2.24) is 0 Å². The molecule has 0 radical (unpaired) electrons. The van der Waals surface area contributed by atoms with Gasteiger partial charge in [-0.3, -0.25) is 0 Å². The summed E-state index contributed by atoms with van der Waals surface area (Å²) in [5.41, 5.74) is 0. The Morgan fingerprint density at radius 3 is 0.947 bits per heavy atom. The van der Waals surface area contributed by atoms with Crippen molar-refractivity contribution in [1.29, 1.82) is 0 Å². The summed E-state index contributed by atoms with van der Waals surface area (Å²) in [6.45, 7) is 16.8. The molecule has 0 saturated carbocycles. The maximum absolute atomic E-state index is 9.75. The predicted octanol–water partition coefficient (Wildman–Crippen LogP) is 5.90. The number of hydrogen-bond acceptors (Lipinski definition) is 0. The molecule has 0 heterocycles. The van der Waals surface area contributed by atoms with Crippen LogP contribution in [0.4, 0.5) is 17.3 Å². The Morgan fingerprint density at radius 1 is 0.684 bits per heavy atom. The summed E-state index contributed by atoms with van der Waals surface area (Å²) in [6.07, 6.45) is 4.47. The van der Waals surface area contributed by atoms with E-state index in [1.54, 1.807) is 0 Å². The maximum atomic E-state index is 9.75. The molecular formula is C13H30BF4P. The highest BCUT2D eigenvalue weighted by Gasteiger charge is 2.33. The molecule has 0 fully saturated rings. The van der Waals surface area contributed by atoms with E-state index in [9.17, 15) is 17.3 Å². The molecule has 0 saturated heterocycles. The molecule has 0 unspecified atom stereocenters. The van der Waals surface area contributed by atoms with Crippen LogP contribution in [0.2, 0.25) is 0 Å². The van der Waals surface area contributed by atoms with Crippen molar-refractivity contribution in [2.45, 2.75) is 41.5 Å². The molecule has 6 heteroatoms. The van der Waals surface area contributed by atoms with Crippen LogP contribution in [0.1, 0.15) is 41.5 Å². The second-order valence-electron chi connectivity index (χ2n) is 6.84. The summed E-state index contributed by atoms with van der Waals surface area (Å²) in [5.74, 6) is 2.64. The lowest BCUT2D eigenvalue weighted by atomic mass is 10.3. The average molecular weight is 304 g/mol. The van der Waals surface area contributed by atoms with E-state index in [1.807, 2.05) is 0 Å². The fourth-order valence-corrected chi connectivity index (χ4v) is 8.60. The van der Waals surface area contributed by atoms with E-state index in [0.717, 1.165) is 17.8 Å². The van der Waals surface area contributed by atoms with Crippen LogP contribution in [0.25, 0.3) is 0 Å². The van der Waals surface area contributed by atoms with Gasteiger partial charge < -0.3 is 17.3 Å². The smallest absolute Gasteiger partial charge is 0.418 e. The van der Waals surface area contributed by atoms with Gasteiger partial charge in [0.05, 0.1) is 18.5 Å². The summed E-state index contributed by atoms with van der Waals surface area (Å²) in [5, 5.41) is 0. The van der Waals surface area contributed by atoms with E-state index < -0.39 is 14.5 Å². The van der Waals surface area contributed by atoms with Crippen molar-refractivity contribution in [3.05, 3.63) is 0 Å². The first kappa shape index (κ1) is 21.5. The maximum Gasteiger partial charge on any atom is 0.673 e. The van der Waals surface area contributed by atoms with E-state index >= 15 is 0 Å². The number of hydrogen-bond donors (Lipinski definition) is 0. The first-order valence-corrected chi connectivity index (χ1v) is 9.75. The Balaban J connectivity index is 0. The Labute approximate surface area is 117 Å². The SMILES string of the molecule is CC(C)C[P+](C)(CC(C)C)CC(C)C.F[B-](F)(F)F. The lowest BCUT2D eigenvalue weighted by Gasteiger charge is -2.28. The van der Waals surface area contributed by atoms with Crippen LogP contribution in [-0.2, 0) is 0 Å². The minimum absolute atomic E-state index is 0.638. The molecule has 0 nitrogen and oxygen atoms in total. The van der Waals surface area contributed by atoms with Gasteiger partial charge in [0.1, 0.15) is 0 Å². The van der Waals surface area contributed by atoms with Crippen LogP contribution < -0.4 is 0 Å². The van der Waals surface area contributed by atoms with Gasteiger partial charge in [-0.05, 0) is 17.8 Å². The second kappa shape index (κ2) is 9.21.